The van der Waals surface area contributed by atoms with E-state index in [4.69, 9.17) is 18.9 Å². The van der Waals surface area contributed by atoms with Crippen molar-refractivity contribution in [3.8, 4) is 17.6 Å². The van der Waals surface area contributed by atoms with E-state index in [9.17, 15) is 5.26 Å². The van der Waals surface area contributed by atoms with Crippen molar-refractivity contribution >= 4 is 17.0 Å². The van der Waals surface area contributed by atoms with E-state index in [0.29, 0.717) is 39.7 Å². The summed E-state index contributed by atoms with van der Waals surface area (Å²) >= 11 is 0. The molecule has 1 aliphatic carbocycles. The Morgan fingerprint density at radius 1 is 0.526 bits per heavy atom. The lowest BCUT2D eigenvalue weighted by atomic mass is 9.92. The number of hydrogen-bond acceptors (Lipinski definition) is 6. The van der Waals surface area contributed by atoms with Crippen LogP contribution >= 0.6 is 0 Å². The first kappa shape index (κ1) is 49.7. The summed E-state index contributed by atoms with van der Waals surface area (Å²) in [4.78, 5) is 2.50. The third-order valence-corrected chi connectivity index (χ3v) is 11.4. The van der Waals surface area contributed by atoms with Gasteiger partial charge in [0.2, 0.25) is 5.71 Å². The number of ether oxygens (including phenoxy) is 4. The molecule has 7 nitrogen and oxygen atoms in total. The second-order valence-electron chi connectivity index (χ2n) is 16.0. The highest BCUT2D eigenvalue weighted by molar-refractivity contribution is 6.06. The molecule has 1 aliphatic rings. The summed E-state index contributed by atoms with van der Waals surface area (Å²) in [5, 5.41) is 11.0. The molecule has 322 valence electrons. The minimum Gasteiger partial charge on any atom is -0.496 e. The van der Waals surface area contributed by atoms with Crippen LogP contribution in [-0.4, -0.2) is 64.9 Å². The van der Waals surface area contributed by atoms with Gasteiger partial charge in [0.25, 0.3) is 0 Å². The predicted octanol–water partition coefficient (Wildman–Crippen LogP) is 13.8. The zero-order valence-corrected chi connectivity index (χ0v) is 38.1. The number of benzene rings is 1. The van der Waals surface area contributed by atoms with Crippen molar-refractivity contribution in [1.29, 1.82) is 5.26 Å². The van der Waals surface area contributed by atoms with Gasteiger partial charge >= 0.3 is 0 Å². The Morgan fingerprint density at radius 3 is 1.25 bits per heavy atom. The van der Waals surface area contributed by atoms with Gasteiger partial charge < -0.3 is 23.8 Å². The minimum atomic E-state index is 0.410. The van der Waals surface area contributed by atoms with E-state index in [1.54, 1.807) is 28.4 Å². The maximum Gasteiger partial charge on any atom is 0.207 e. The Labute approximate surface area is 350 Å². The smallest absolute Gasteiger partial charge is 0.207 e. The van der Waals surface area contributed by atoms with Gasteiger partial charge in [-0.25, -0.2) is 4.58 Å². The van der Waals surface area contributed by atoms with E-state index >= 15 is 0 Å². The fourth-order valence-corrected chi connectivity index (χ4v) is 7.96. The average Bonchev–Trinajstić information content (AvgIpc) is 3.24. The monoisotopic (exact) mass is 791 g/mol. The first-order chi connectivity index (χ1) is 28.0. The lowest BCUT2D eigenvalue weighted by Gasteiger charge is -2.27. The predicted molar refractivity (Wildman–Crippen MR) is 243 cm³/mol. The van der Waals surface area contributed by atoms with Crippen molar-refractivity contribution in [2.24, 2.45) is 0 Å². The van der Waals surface area contributed by atoms with Gasteiger partial charge in [0.1, 0.15) is 42.2 Å². The van der Waals surface area contributed by atoms with Crippen LogP contribution in [0.15, 0.2) is 41.4 Å². The fourth-order valence-electron chi connectivity index (χ4n) is 7.96. The first-order valence-corrected chi connectivity index (χ1v) is 23.3. The third-order valence-electron chi connectivity index (χ3n) is 11.4. The van der Waals surface area contributed by atoms with Crippen LogP contribution in [0.4, 0.5) is 5.69 Å². The minimum absolute atomic E-state index is 0.410. The number of nitrogens with zero attached hydrogens (tertiary/aromatic N) is 3. The Balaban J connectivity index is 2.58. The lowest BCUT2D eigenvalue weighted by molar-refractivity contribution is -0.527. The zero-order chi connectivity index (χ0) is 41.5. The Bertz CT molecular complexity index is 1330. The molecule has 0 saturated heterocycles. The van der Waals surface area contributed by atoms with E-state index < -0.39 is 0 Å². The number of nitriles is 1. The molecule has 1 aromatic rings. The fraction of sp³-hybridized carbons (Fsp3) is 0.720. The van der Waals surface area contributed by atoms with Gasteiger partial charge in [-0.15, -0.1) is 0 Å². The van der Waals surface area contributed by atoms with Crippen molar-refractivity contribution in [3.63, 3.8) is 0 Å². The van der Waals surface area contributed by atoms with Crippen molar-refractivity contribution < 1.29 is 23.5 Å². The summed E-state index contributed by atoms with van der Waals surface area (Å²) in [6.45, 7) is 13.0. The van der Waals surface area contributed by atoms with Crippen molar-refractivity contribution in [2.75, 3.05) is 59.5 Å². The largest absolute Gasteiger partial charge is 0.496 e. The van der Waals surface area contributed by atoms with Gasteiger partial charge in [0, 0.05) is 43.8 Å². The normalized spacial score (nSPS) is 12.5. The lowest BCUT2D eigenvalue weighted by Crippen LogP contribution is -2.26. The summed E-state index contributed by atoms with van der Waals surface area (Å²) in [5.41, 5.74) is 3.78. The second kappa shape index (κ2) is 31.6. The molecule has 0 unspecified atom stereocenters. The molecule has 0 fully saturated rings. The highest BCUT2D eigenvalue weighted by Crippen LogP contribution is 2.43. The Kier molecular flexibility index (Phi) is 27.6. The Hall–Kier alpha value is -3.40. The number of allylic oxidation sites excluding steroid dienone is 3. The molecule has 1 aromatic carbocycles. The number of anilines is 1. The topological polar surface area (TPSA) is 67.0 Å². The maximum atomic E-state index is 11.0. The third kappa shape index (κ3) is 18.0. The molecule has 0 atom stereocenters. The van der Waals surface area contributed by atoms with Gasteiger partial charge in [0.05, 0.1) is 57.3 Å². The van der Waals surface area contributed by atoms with Crippen LogP contribution in [0.3, 0.4) is 0 Å². The van der Waals surface area contributed by atoms with Crippen molar-refractivity contribution in [3.05, 3.63) is 46.9 Å². The molecule has 57 heavy (non-hydrogen) atoms. The zero-order valence-electron chi connectivity index (χ0n) is 38.1. The van der Waals surface area contributed by atoms with Gasteiger partial charge in [-0.05, 0) is 25.7 Å². The Morgan fingerprint density at radius 2 is 0.895 bits per heavy atom. The number of hydrogen-bond donors (Lipinski definition) is 0. The number of methoxy groups -OCH3 is 4. The van der Waals surface area contributed by atoms with E-state index in [1.165, 1.54) is 128 Å². The molecule has 0 aromatic heterocycles. The molecule has 0 saturated carbocycles. The van der Waals surface area contributed by atoms with Gasteiger partial charge in [-0.1, -0.05) is 143 Å². The summed E-state index contributed by atoms with van der Waals surface area (Å²) in [7, 11) is 6.73. The van der Waals surface area contributed by atoms with Gasteiger partial charge in [-0.3, -0.25) is 0 Å². The first-order valence-electron chi connectivity index (χ1n) is 23.3. The molecule has 0 N–H and O–H groups in total. The molecule has 0 bridgehead atoms. The summed E-state index contributed by atoms with van der Waals surface area (Å²) < 4.78 is 27.0. The molecular formula is C50H84N3O4+. The molecule has 2 rings (SSSR count). The van der Waals surface area contributed by atoms with E-state index in [2.05, 4.69) is 67.5 Å². The standard InChI is InChI=1S/C50H84N3O4/c1-9-13-17-21-25-29-33-52(34-30-26-22-18-14-10-2)42-37-45(54-5)49(46(38-42)55-6)44(41-51)50-47(56-7)39-43(40-48(50)57-8)53(35-31-27-23-19-15-11-3)36-32-28-24-20-16-12-4/h37-40H,9-36H2,1-8H3/q+1. The van der Waals surface area contributed by atoms with E-state index in [0.717, 1.165) is 63.3 Å². The van der Waals surface area contributed by atoms with Crippen LogP contribution in [0.1, 0.15) is 187 Å². The summed E-state index contributed by atoms with van der Waals surface area (Å²) in [5.74, 6) is 2.44. The number of unbranched alkanes of at least 4 members (excludes halogenated alkanes) is 20. The molecule has 0 amide bonds. The van der Waals surface area contributed by atoms with E-state index in [1.807, 2.05) is 0 Å². The molecule has 0 aliphatic heterocycles. The maximum absolute atomic E-state index is 11.0. The quantitative estimate of drug-likeness (QED) is 0.0393. The van der Waals surface area contributed by atoms with Crippen LogP contribution in [0.5, 0.6) is 11.5 Å². The van der Waals surface area contributed by atoms with Gasteiger partial charge in [0.15, 0.2) is 0 Å². The van der Waals surface area contributed by atoms with E-state index in [-0.39, 0.29) is 0 Å². The summed E-state index contributed by atoms with van der Waals surface area (Å²) in [6.07, 6.45) is 34.4. The van der Waals surface area contributed by atoms with Crippen LogP contribution < -0.4 is 14.4 Å². The molecule has 0 heterocycles. The molecule has 7 heteroatoms. The van der Waals surface area contributed by atoms with Crippen LogP contribution in [0.2, 0.25) is 0 Å². The van der Waals surface area contributed by atoms with Crippen molar-refractivity contribution in [2.45, 2.75) is 182 Å². The average molecular weight is 791 g/mol. The molecular weight excluding hydrogens is 707 g/mol. The highest BCUT2D eigenvalue weighted by Gasteiger charge is 2.31. The summed E-state index contributed by atoms with van der Waals surface area (Å²) in [6, 6.07) is 6.73. The van der Waals surface area contributed by atoms with Crippen molar-refractivity contribution in [1.82, 2.24) is 0 Å². The molecule has 0 radical (unpaired) electrons. The second-order valence-corrected chi connectivity index (χ2v) is 16.0. The van der Waals surface area contributed by atoms with Crippen LogP contribution in [0.25, 0.3) is 5.57 Å². The molecule has 0 spiro atoms. The SMILES string of the molecule is CCCCCCCCN(CCCCCCCC)c1cc(OC)c(C(C#N)=C2C(OC)=CC(=[N+](CCCCCCCC)CCCCCCCC)C=C2OC)c(OC)c1. The van der Waals surface area contributed by atoms with Crippen LogP contribution in [-0.2, 0) is 9.47 Å². The number of rotatable bonds is 34. The van der Waals surface area contributed by atoms with Gasteiger partial charge in [-0.2, -0.15) is 5.26 Å². The van der Waals surface area contributed by atoms with Crippen LogP contribution in [0, 0.1) is 11.3 Å². The highest BCUT2D eigenvalue weighted by atomic mass is 16.5.